The Morgan fingerprint density at radius 3 is 2.32 bits per heavy atom. The highest BCUT2D eigenvalue weighted by Crippen LogP contribution is 2.17. The number of Topliss-reactive ketones (excluding diaryl/α,β-unsaturated/α-hetero) is 1. The molecule has 1 aromatic carbocycles. The van der Waals surface area contributed by atoms with Crippen LogP contribution in [0.3, 0.4) is 0 Å². The van der Waals surface area contributed by atoms with E-state index in [1.807, 2.05) is 4.90 Å². The second kappa shape index (κ2) is 7.25. The molecule has 0 bridgehead atoms. The van der Waals surface area contributed by atoms with Gasteiger partial charge in [0.15, 0.2) is 11.6 Å². The van der Waals surface area contributed by atoms with Crippen molar-refractivity contribution in [2.75, 3.05) is 36.4 Å². The van der Waals surface area contributed by atoms with Crippen LogP contribution in [0.4, 0.5) is 17.5 Å². The minimum atomic E-state index is 0.0242. The van der Waals surface area contributed by atoms with Crippen LogP contribution in [0.5, 0.6) is 0 Å². The molecule has 0 unspecified atom stereocenters. The molecule has 1 amide bonds. The van der Waals surface area contributed by atoms with Gasteiger partial charge in [0, 0.05) is 44.4 Å². The van der Waals surface area contributed by atoms with E-state index in [0.29, 0.717) is 37.7 Å². The quantitative estimate of drug-likeness (QED) is 0.843. The number of piperazine rings is 1. The van der Waals surface area contributed by atoms with Crippen molar-refractivity contribution < 1.29 is 9.59 Å². The van der Waals surface area contributed by atoms with E-state index in [9.17, 15) is 9.59 Å². The van der Waals surface area contributed by atoms with Gasteiger partial charge >= 0.3 is 0 Å². The number of ketones is 1. The molecule has 1 fully saturated rings. The fourth-order valence-electron chi connectivity index (χ4n) is 2.67. The maximum absolute atomic E-state index is 11.4. The number of rotatable bonds is 4. The number of carbonyl (C=O) groups excluding carboxylic acids is 2. The average Bonchev–Trinajstić information content (AvgIpc) is 2.62. The fourth-order valence-corrected chi connectivity index (χ4v) is 2.67. The van der Waals surface area contributed by atoms with Gasteiger partial charge in [0.05, 0.1) is 6.20 Å². The number of nitrogens with zero attached hydrogens (tertiary/aromatic N) is 5. The minimum Gasteiger partial charge on any atom is -0.352 e. The van der Waals surface area contributed by atoms with Crippen LogP contribution in [0.25, 0.3) is 0 Å². The number of hydrogen-bond donors (Lipinski definition) is 1. The SMILES string of the molecule is CC(=O)c1ccc(Nc2nncc(N3CCN(C(C)=O)CC3)n2)cc1. The molecule has 8 nitrogen and oxygen atoms in total. The molecular weight excluding hydrogens is 320 g/mol. The Kier molecular flexibility index (Phi) is 4.87. The molecule has 130 valence electrons. The Morgan fingerprint density at radius 1 is 1.04 bits per heavy atom. The zero-order chi connectivity index (χ0) is 17.8. The van der Waals surface area contributed by atoms with Crippen LogP contribution in [0.2, 0.25) is 0 Å². The molecule has 3 rings (SSSR count). The third kappa shape index (κ3) is 4.09. The van der Waals surface area contributed by atoms with Gasteiger partial charge in [0.25, 0.3) is 0 Å². The summed E-state index contributed by atoms with van der Waals surface area (Å²) in [7, 11) is 0. The molecule has 8 heteroatoms. The summed E-state index contributed by atoms with van der Waals surface area (Å²) in [5.74, 6) is 1.23. The number of nitrogens with one attached hydrogen (secondary N) is 1. The molecule has 1 aromatic heterocycles. The molecule has 2 heterocycles. The highest BCUT2D eigenvalue weighted by molar-refractivity contribution is 5.94. The second-order valence-electron chi connectivity index (χ2n) is 5.89. The van der Waals surface area contributed by atoms with E-state index < -0.39 is 0 Å². The summed E-state index contributed by atoms with van der Waals surface area (Å²) in [4.78, 5) is 31.1. The lowest BCUT2D eigenvalue weighted by molar-refractivity contribution is -0.129. The van der Waals surface area contributed by atoms with Gasteiger partial charge in [-0.1, -0.05) is 0 Å². The lowest BCUT2D eigenvalue weighted by Crippen LogP contribution is -2.48. The molecule has 1 aliphatic rings. The zero-order valence-corrected chi connectivity index (χ0v) is 14.3. The van der Waals surface area contributed by atoms with Crippen molar-refractivity contribution in [1.29, 1.82) is 0 Å². The van der Waals surface area contributed by atoms with Crippen LogP contribution < -0.4 is 10.2 Å². The molecule has 2 aromatic rings. The molecule has 0 spiro atoms. The summed E-state index contributed by atoms with van der Waals surface area (Å²) in [6.07, 6.45) is 1.62. The number of benzene rings is 1. The van der Waals surface area contributed by atoms with Crippen molar-refractivity contribution in [1.82, 2.24) is 20.1 Å². The zero-order valence-electron chi connectivity index (χ0n) is 14.3. The van der Waals surface area contributed by atoms with E-state index in [2.05, 4.69) is 25.4 Å². The predicted octanol–water partition coefficient (Wildman–Crippen LogP) is 1.49. The molecule has 1 N–H and O–H groups in total. The highest BCUT2D eigenvalue weighted by Gasteiger charge is 2.20. The highest BCUT2D eigenvalue weighted by atomic mass is 16.2. The summed E-state index contributed by atoms with van der Waals surface area (Å²) >= 11 is 0. The van der Waals surface area contributed by atoms with E-state index in [1.54, 1.807) is 37.4 Å². The third-order valence-electron chi connectivity index (χ3n) is 4.14. The van der Waals surface area contributed by atoms with Crippen molar-refractivity contribution in [2.24, 2.45) is 0 Å². The van der Waals surface area contributed by atoms with Gasteiger partial charge < -0.3 is 15.1 Å². The van der Waals surface area contributed by atoms with E-state index in [0.717, 1.165) is 11.5 Å². The van der Waals surface area contributed by atoms with Crippen LogP contribution in [-0.4, -0.2) is 58.0 Å². The van der Waals surface area contributed by atoms with Crippen LogP contribution in [0.15, 0.2) is 30.5 Å². The average molecular weight is 340 g/mol. The molecule has 1 saturated heterocycles. The van der Waals surface area contributed by atoms with Gasteiger partial charge in [-0.3, -0.25) is 9.59 Å². The fraction of sp³-hybridized carbons (Fsp3) is 0.353. The first-order chi connectivity index (χ1) is 12.0. The summed E-state index contributed by atoms with van der Waals surface area (Å²) in [5.41, 5.74) is 1.44. The number of carbonyl (C=O) groups is 2. The monoisotopic (exact) mass is 340 g/mol. The Labute approximate surface area is 145 Å². The van der Waals surface area contributed by atoms with Crippen LogP contribution >= 0.6 is 0 Å². The van der Waals surface area contributed by atoms with Gasteiger partial charge in [-0.05, 0) is 31.2 Å². The largest absolute Gasteiger partial charge is 0.352 e. The Hall–Kier alpha value is -3.03. The molecule has 0 atom stereocenters. The number of amides is 1. The Morgan fingerprint density at radius 2 is 1.72 bits per heavy atom. The van der Waals surface area contributed by atoms with Gasteiger partial charge in [-0.15, -0.1) is 5.10 Å². The standard InChI is InChI=1S/C17H20N6O2/c1-12(24)14-3-5-15(6-4-14)19-17-20-16(11-18-21-17)23-9-7-22(8-10-23)13(2)25/h3-6,11H,7-10H2,1-2H3,(H,19,20,21). The topological polar surface area (TPSA) is 91.3 Å². The Bertz CT molecular complexity index is 769. The second-order valence-corrected chi connectivity index (χ2v) is 5.89. The molecule has 1 aliphatic heterocycles. The van der Waals surface area contributed by atoms with Gasteiger partial charge in [0.2, 0.25) is 11.9 Å². The van der Waals surface area contributed by atoms with Crippen molar-refractivity contribution in [3.63, 3.8) is 0 Å². The van der Waals surface area contributed by atoms with Crippen molar-refractivity contribution in [3.05, 3.63) is 36.0 Å². The van der Waals surface area contributed by atoms with Crippen LogP contribution in [-0.2, 0) is 4.79 Å². The van der Waals surface area contributed by atoms with E-state index in [4.69, 9.17) is 0 Å². The first-order valence-corrected chi connectivity index (χ1v) is 8.11. The van der Waals surface area contributed by atoms with Crippen molar-refractivity contribution in [2.45, 2.75) is 13.8 Å². The maximum Gasteiger partial charge on any atom is 0.249 e. The van der Waals surface area contributed by atoms with E-state index >= 15 is 0 Å². The summed E-state index contributed by atoms with van der Waals surface area (Å²) in [6, 6.07) is 7.11. The predicted molar refractivity (Wildman–Crippen MR) is 94.0 cm³/mol. The number of hydrogen-bond acceptors (Lipinski definition) is 7. The molecular formula is C17H20N6O2. The third-order valence-corrected chi connectivity index (χ3v) is 4.14. The number of anilines is 3. The normalized spacial score (nSPS) is 14.3. The summed E-state index contributed by atoms with van der Waals surface area (Å²) in [5, 5.41) is 11.1. The molecule has 0 aliphatic carbocycles. The van der Waals surface area contributed by atoms with Gasteiger partial charge in [-0.25, -0.2) is 0 Å². The summed E-state index contributed by atoms with van der Waals surface area (Å²) in [6.45, 7) is 5.89. The van der Waals surface area contributed by atoms with E-state index in [-0.39, 0.29) is 11.7 Å². The lowest BCUT2D eigenvalue weighted by Gasteiger charge is -2.34. The number of aromatic nitrogens is 3. The molecule has 0 radical (unpaired) electrons. The smallest absolute Gasteiger partial charge is 0.249 e. The molecule has 25 heavy (non-hydrogen) atoms. The first-order valence-electron chi connectivity index (χ1n) is 8.11. The maximum atomic E-state index is 11.4. The lowest BCUT2D eigenvalue weighted by atomic mass is 10.1. The van der Waals surface area contributed by atoms with Gasteiger partial charge in [0.1, 0.15) is 0 Å². The van der Waals surface area contributed by atoms with E-state index in [1.165, 1.54) is 6.92 Å². The molecule has 0 saturated carbocycles. The first kappa shape index (κ1) is 16.8. The Balaban J connectivity index is 1.67. The van der Waals surface area contributed by atoms with Crippen molar-refractivity contribution in [3.8, 4) is 0 Å². The van der Waals surface area contributed by atoms with Crippen LogP contribution in [0.1, 0.15) is 24.2 Å². The van der Waals surface area contributed by atoms with Crippen LogP contribution in [0, 0.1) is 0 Å². The minimum absolute atomic E-state index is 0.0242. The van der Waals surface area contributed by atoms with Gasteiger partial charge in [-0.2, -0.15) is 10.1 Å². The summed E-state index contributed by atoms with van der Waals surface area (Å²) < 4.78 is 0. The van der Waals surface area contributed by atoms with Crippen molar-refractivity contribution >= 4 is 29.1 Å².